The van der Waals surface area contributed by atoms with Crippen molar-refractivity contribution < 1.29 is 23.8 Å². The van der Waals surface area contributed by atoms with Crippen molar-refractivity contribution in [3.63, 3.8) is 0 Å². The number of ketones is 1. The predicted molar refractivity (Wildman–Crippen MR) is 125 cm³/mol. The van der Waals surface area contributed by atoms with Gasteiger partial charge in [-0.25, -0.2) is 4.39 Å². The Balaban J connectivity index is 1.85. The Labute approximate surface area is 195 Å². The van der Waals surface area contributed by atoms with Crippen molar-refractivity contribution in [2.75, 3.05) is 11.5 Å². The second-order valence-electron chi connectivity index (χ2n) is 7.57. The van der Waals surface area contributed by atoms with Gasteiger partial charge in [-0.05, 0) is 66.6 Å². The molecule has 5 nitrogen and oxygen atoms in total. The summed E-state index contributed by atoms with van der Waals surface area (Å²) in [4.78, 5) is 27.5. The molecule has 7 heteroatoms. The molecular formula is C26H21ClFNO4. The van der Waals surface area contributed by atoms with Crippen molar-refractivity contribution in [3.8, 4) is 5.75 Å². The zero-order valence-electron chi connectivity index (χ0n) is 17.8. The van der Waals surface area contributed by atoms with Gasteiger partial charge in [0.15, 0.2) is 0 Å². The third-order valence-electron chi connectivity index (χ3n) is 5.32. The molecule has 1 unspecified atom stereocenters. The Morgan fingerprint density at radius 1 is 1.06 bits per heavy atom. The number of halogens is 2. The van der Waals surface area contributed by atoms with Gasteiger partial charge in [0.05, 0.1) is 18.2 Å². The molecule has 1 N–H and O–H groups in total. The number of aliphatic hydroxyl groups excluding tert-OH is 1. The van der Waals surface area contributed by atoms with Gasteiger partial charge in [-0.2, -0.15) is 0 Å². The van der Waals surface area contributed by atoms with Crippen LogP contribution in [0.4, 0.5) is 10.1 Å². The summed E-state index contributed by atoms with van der Waals surface area (Å²) in [6.45, 7) is 2.55. The summed E-state index contributed by atoms with van der Waals surface area (Å²) in [6.07, 6.45) is 0.854. The smallest absolute Gasteiger partial charge is 0.300 e. The number of Topliss-reactive ketones (excluding diaryl/α,β-unsaturated/α-hetero) is 1. The summed E-state index contributed by atoms with van der Waals surface area (Å²) >= 11 is 6.12. The predicted octanol–water partition coefficient (Wildman–Crippen LogP) is 5.89. The molecule has 0 bridgehead atoms. The minimum absolute atomic E-state index is 0.0891. The Morgan fingerprint density at radius 3 is 2.39 bits per heavy atom. The van der Waals surface area contributed by atoms with Crippen LogP contribution in [0.1, 0.15) is 30.5 Å². The number of amides is 1. The van der Waals surface area contributed by atoms with E-state index in [1.54, 1.807) is 48.5 Å². The lowest BCUT2D eigenvalue weighted by atomic mass is 9.95. The summed E-state index contributed by atoms with van der Waals surface area (Å²) < 4.78 is 19.2. The molecule has 4 rings (SSSR count). The van der Waals surface area contributed by atoms with Gasteiger partial charge in [-0.3, -0.25) is 14.5 Å². The van der Waals surface area contributed by atoms with Crippen LogP contribution in [-0.2, 0) is 9.59 Å². The minimum atomic E-state index is -0.958. The van der Waals surface area contributed by atoms with E-state index in [4.69, 9.17) is 16.3 Å². The first-order valence-electron chi connectivity index (χ1n) is 10.5. The van der Waals surface area contributed by atoms with E-state index >= 15 is 0 Å². The Morgan fingerprint density at radius 2 is 1.76 bits per heavy atom. The molecule has 1 saturated heterocycles. The van der Waals surface area contributed by atoms with Crippen LogP contribution in [0.3, 0.4) is 0 Å². The van der Waals surface area contributed by atoms with Gasteiger partial charge in [0.1, 0.15) is 17.3 Å². The fourth-order valence-electron chi connectivity index (χ4n) is 3.77. The van der Waals surface area contributed by atoms with Crippen LogP contribution in [0.2, 0.25) is 5.02 Å². The van der Waals surface area contributed by atoms with Crippen molar-refractivity contribution >= 4 is 34.7 Å². The molecule has 0 aliphatic carbocycles. The molecule has 33 heavy (non-hydrogen) atoms. The first-order valence-corrected chi connectivity index (χ1v) is 10.8. The van der Waals surface area contributed by atoms with E-state index in [-0.39, 0.29) is 11.3 Å². The number of carbonyl (C=O) groups is 2. The molecule has 0 radical (unpaired) electrons. The average Bonchev–Trinajstić information content (AvgIpc) is 3.08. The maximum atomic E-state index is 13.6. The van der Waals surface area contributed by atoms with E-state index in [2.05, 4.69) is 0 Å². The van der Waals surface area contributed by atoms with Gasteiger partial charge in [0.2, 0.25) is 0 Å². The van der Waals surface area contributed by atoms with Crippen LogP contribution in [0.15, 0.2) is 78.4 Å². The highest BCUT2D eigenvalue weighted by Gasteiger charge is 2.47. The van der Waals surface area contributed by atoms with Crippen LogP contribution in [0.5, 0.6) is 5.75 Å². The first kappa shape index (κ1) is 22.6. The number of rotatable bonds is 6. The summed E-state index contributed by atoms with van der Waals surface area (Å²) in [7, 11) is 0. The van der Waals surface area contributed by atoms with E-state index in [1.807, 2.05) is 6.92 Å². The van der Waals surface area contributed by atoms with Crippen molar-refractivity contribution in [1.82, 2.24) is 0 Å². The van der Waals surface area contributed by atoms with Gasteiger partial charge in [0, 0.05) is 16.3 Å². The number of benzene rings is 3. The molecule has 0 saturated carbocycles. The number of anilines is 1. The zero-order valence-corrected chi connectivity index (χ0v) is 18.6. The van der Waals surface area contributed by atoms with Crippen LogP contribution in [-0.4, -0.2) is 23.4 Å². The fraction of sp³-hybridized carbons (Fsp3) is 0.154. The van der Waals surface area contributed by atoms with E-state index in [1.165, 1.54) is 29.2 Å². The number of hydrogen-bond donors (Lipinski definition) is 1. The molecule has 3 aromatic rings. The molecular weight excluding hydrogens is 445 g/mol. The standard InChI is InChI=1S/C26H21ClFNO4/c1-2-14-33-21-12-8-17(9-13-21)24(30)22-23(16-6-10-19(28)11-7-16)29(26(32)25(22)31)20-5-3-4-18(27)15-20/h3-13,15,23,30H,2,14H2,1H3/b24-22+. The third kappa shape index (κ3) is 4.47. The van der Waals surface area contributed by atoms with Crippen molar-refractivity contribution in [2.45, 2.75) is 19.4 Å². The summed E-state index contributed by atoms with van der Waals surface area (Å²) in [6, 6.07) is 17.6. The van der Waals surface area contributed by atoms with Crippen molar-refractivity contribution in [1.29, 1.82) is 0 Å². The quantitative estimate of drug-likeness (QED) is 0.280. The summed E-state index contributed by atoms with van der Waals surface area (Å²) in [5.41, 5.74) is 1.13. The zero-order chi connectivity index (χ0) is 23.5. The molecule has 0 aromatic heterocycles. The number of carbonyl (C=O) groups excluding carboxylic acids is 2. The van der Waals surface area contributed by atoms with Gasteiger partial charge in [-0.1, -0.05) is 36.7 Å². The van der Waals surface area contributed by atoms with Crippen molar-refractivity contribution in [3.05, 3.63) is 100 Å². The van der Waals surface area contributed by atoms with Gasteiger partial charge >= 0.3 is 0 Å². The SMILES string of the molecule is CCCOc1ccc(/C(O)=C2\C(=O)C(=O)N(c3cccc(Cl)c3)C2c2ccc(F)cc2)cc1. The number of nitrogens with zero attached hydrogens (tertiary/aromatic N) is 1. The lowest BCUT2D eigenvalue weighted by Gasteiger charge is -2.25. The third-order valence-corrected chi connectivity index (χ3v) is 5.55. The Kier molecular flexibility index (Phi) is 6.47. The molecule has 1 heterocycles. The highest BCUT2D eigenvalue weighted by atomic mass is 35.5. The molecule has 1 fully saturated rings. The molecule has 168 valence electrons. The maximum Gasteiger partial charge on any atom is 0.300 e. The molecule has 1 aliphatic rings. The molecule has 3 aromatic carbocycles. The summed E-state index contributed by atoms with van der Waals surface area (Å²) in [5.74, 6) is -1.80. The molecule has 0 spiro atoms. The molecule has 1 atom stereocenters. The second-order valence-corrected chi connectivity index (χ2v) is 8.01. The lowest BCUT2D eigenvalue weighted by molar-refractivity contribution is -0.132. The van der Waals surface area contributed by atoms with Gasteiger partial charge < -0.3 is 9.84 Å². The van der Waals surface area contributed by atoms with Crippen LogP contribution >= 0.6 is 11.6 Å². The monoisotopic (exact) mass is 465 g/mol. The van der Waals surface area contributed by atoms with Gasteiger partial charge in [-0.15, -0.1) is 0 Å². The van der Waals surface area contributed by atoms with E-state index in [0.717, 1.165) is 6.42 Å². The number of ether oxygens (including phenoxy) is 1. The maximum absolute atomic E-state index is 13.6. The topological polar surface area (TPSA) is 66.8 Å². The fourth-order valence-corrected chi connectivity index (χ4v) is 3.95. The van der Waals surface area contributed by atoms with Crippen LogP contribution in [0, 0.1) is 5.82 Å². The first-order chi connectivity index (χ1) is 15.9. The van der Waals surface area contributed by atoms with Crippen molar-refractivity contribution in [2.24, 2.45) is 0 Å². The summed E-state index contributed by atoms with van der Waals surface area (Å²) in [5, 5.41) is 11.5. The van der Waals surface area contributed by atoms with Gasteiger partial charge in [0.25, 0.3) is 11.7 Å². The Hall–Kier alpha value is -3.64. The second kappa shape index (κ2) is 9.46. The van der Waals surface area contributed by atoms with Crippen LogP contribution in [0.25, 0.3) is 5.76 Å². The normalized spacial score (nSPS) is 17.4. The minimum Gasteiger partial charge on any atom is -0.507 e. The number of aliphatic hydroxyl groups is 1. The van der Waals surface area contributed by atoms with Crippen LogP contribution < -0.4 is 9.64 Å². The lowest BCUT2D eigenvalue weighted by Crippen LogP contribution is -2.29. The van der Waals surface area contributed by atoms with E-state index in [9.17, 15) is 19.1 Å². The highest BCUT2D eigenvalue weighted by molar-refractivity contribution is 6.51. The highest BCUT2D eigenvalue weighted by Crippen LogP contribution is 2.42. The average molecular weight is 466 g/mol. The number of hydrogen-bond acceptors (Lipinski definition) is 4. The largest absolute Gasteiger partial charge is 0.507 e. The van der Waals surface area contributed by atoms with E-state index in [0.29, 0.717) is 34.2 Å². The molecule has 1 amide bonds. The van der Waals surface area contributed by atoms with E-state index < -0.39 is 23.5 Å². The molecule has 1 aliphatic heterocycles. The Bertz CT molecular complexity index is 1220.